The SMILES string of the molecule is CC(C)C1COC(c2ccc(Br)s2)CN1. The van der Waals surface area contributed by atoms with Gasteiger partial charge in [-0.1, -0.05) is 13.8 Å². The normalized spacial score (nSPS) is 27.2. The van der Waals surface area contributed by atoms with Crippen molar-refractivity contribution in [2.75, 3.05) is 13.2 Å². The van der Waals surface area contributed by atoms with E-state index in [1.54, 1.807) is 11.3 Å². The Morgan fingerprint density at radius 1 is 1.53 bits per heavy atom. The zero-order valence-electron chi connectivity index (χ0n) is 9.00. The highest BCUT2D eigenvalue weighted by Crippen LogP contribution is 2.30. The smallest absolute Gasteiger partial charge is 0.104 e. The van der Waals surface area contributed by atoms with Crippen LogP contribution >= 0.6 is 27.3 Å². The molecular formula is C11H16BrNOS. The third kappa shape index (κ3) is 2.81. The molecule has 2 nitrogen and oxygen atoms in total. The number of ether oxygens (including phenoxy) is 1. The van der Waals surface area contributed by atoms with Crippen LogP contribution in [0.3, 0.4) is 0 Å². The summed E-state index contributed by atoms with van der Waals surface area (Å²) in [6, 6.07) is 4.72. The van der Waals surface area contributed by atoms with Gasteiger partial charge in [0.1, 0.15) is 6.10 Å². The molecule has 2 unspecified atom stereocenters. The summed E-state index contributed by atoms with van der Waals surface area (Å²) in [5, 5.41) is 3.54. The number of hydrogen-bond acceptors (Lipinski definition) is 3. The predicted molar refractivity (Wildman–Crippen MR) is 67.3 cm³/mol. The lowest BCUT2D eigenvalue weighted by molar-refractivity contribution is -0.00520. The Kier molecular flexibility index (Phi) is 3.83. The van der Waals surface area contributed by atoms with Crippen molar-refractivity contribution < 1.29 is 4.74 Å². The Morgan fingerprint density at radius 3 is 2.80 bits per heavy atom. The van der Waals surface area contributed by atoms with Gasteiger partial charge in [-0.15, -0.1) is 11.3 Å². The van der Waals surface area contributed by atoms with E-state index in [-0.39, 0.29) is 6.10 Å². The lowest BCUT2D eigenvalue weighted by Gasteiger charge is -2.32. The fourth-order valence-electron chi connectivity index (χ4n) is 1.71. The third-order valence-corrected chi connectivity index (χ3v) is 4.47. The second-order valence-electron chi connectivity index (χ2n) is 4.22. The molecule has 2 atom stereocenters. The van der Waals surface area contributed by atoms with Crippen LogP contribution in [0.2, 0.25) is 0 Å². The van der Waals surface area contributed by atoms with E-state index in [0.717, 1.165) is 13.2 Å². The fraction of sp³-hybridized carbons (Fsp3) is 0.636. The largest absolute Gasteiger partial charge is 0.370 e. The first-order valence-electron chi connectivity index (χ1n) is 5.27. The van der Waals surface area contributed by atoms with Crippen LogP contribution in [0.5, 0.6) is 0 Å². The Morgan fingerprint density at radius 2 is 2.33 bits per heavy atom. The zero-order chi connectivity index (χ0) is 10.8. The molecule has 4 heteroatoms. The van der Waals surface area contributed by atoms with Gasteiger partial charge in [-0.05, 0) is 34.0 Å². The molecule has 0 saturated carbocycles. The van der Waals surface area contributed by atoms with E-state index in [9.17, 15) is 0 Å². The molecular weight excluding hydrogens is 274 g/mol. The van der Waals surface area contributed by atoms with Crippen molar-refractivity contribution in [2.45, 2.75) is 26.0 Å². The molecule has 2 heterocycles. The molecule has 2 rings (SSSR count). The van der Waals surface area contributed by atoms with Gasteiger partial charge in [0.2, 0.25) is 0 Å². The average Bonchev–Trinajstić information content (AvgIpc) is 2.65. The number of nitrogens with one attached hydrogen (secondary N) is 1. The first-order chi connectivity index (χ1) is 7.16. The van der Waals surface area contributed by atoms with Crippen LogP contribution in [-0.2, 0) is 4.74 Å². The van der Waals surface area contributed by atoms with Gasteiger partial charge in [-0.25, -0.2) is 0 Å². The van der Waals surface area contributed by atoms with Crippen LogP contribution in [0.25, 0.3) is 0 Å². The van der Waals surface area contributed by atoms with Crippen molar-refractivity contribution in [3.63, 3.8) is 0 Å². The molecule has 1 aliphatic heterocycles. The Hall–Kier alpha value is 0.1000. The summed E-state index contributed by atoms with van der Waals surface area (Å²) in [7, 11) is 0. The first-order valence-corrected chi connectivity index (χ1v) is 6.88. The second-order valence-corrected chi connectivity index (χ2v) is 6.72. The van der Waals surface area contributed by atoms with Crippen molar-refractivity contribution in [1.29, 1.82) is 0 Å². The van der Waals surface area contributed by atoms with Gasteiger partial charge in [0.05, 0.1) is 10.4 Å². The molecule has 84 valence electrons. The lowest BCUT2D eigenvalue weighted by atomic mass is 10.0. The van der Waals surface area contributed by atoms with Crippen molar-refractivity contribution >= 4 is 27.3 Å². The number of rotatable bonds is 2. The van der Waals surface area contributed by atoms with Crippen LogP contribution in [0.15, 0.2) is 15.9 Å². The highest BCUT2D eigenvalue weighted by Gasteiger charge is 2.24. The molecule has 0 aromatic carbocycles. The van der Waals surface area contributed by atoms with Crippen molar-refractivity contribution in [3.05, 3.63) is 20.8 Å². The van der Waals surface area contributed by atoms with E-state index in [2.05, 4.69) is 47.2 Å². The summed E-state index contributed by atoms with van der Waals surface area (Å²) in [6.07, 6.45) is 0.233. The van der Waals surface area contributed by atoms with E-state index in [4.69, 9.17) is 4.74 Å². The van der Waals surface area contributed by atoms with Gasteiger partial charge in [0.15, 0.2) is 0 Å². The molecule has 1 aromatic rings. The molecule has 1 N–H and O–H groups in total. The number of thiophene rings is 1. The molecule has 0 aliphatic carbocycles. The standard InChI is InChI=1S/C11H16BrNOS/c1-7(2)8-6-14-9(5-13-8)10-3-4-11(12)15-10/h3-4,7-9,13H,5-6H2,1-2H3. The van der Waals surface area contributed by atoms with Crippen molar-refractivity contribution in [1.82, 2.24) is 5.32 Å². The lowest BCUT2D eigenvalue weighted by Crippen LogP contribution is -2.45. The highest BCUT2D eigenvalue weighted by atomic mass is 79.9. The summed E-state index contributed by atoms with van der Waals surface area (Å²) in [5.41, 5.74) is 0. The van der Waals surface area contributed by atoms with Crippen LogP contribution in [0.4, 0.5) is 0 Å². The highest BCUT2D eigenvalue weighted by molar-refractivity contribution is 9.11. The zero-order valence-corrected chi connectivity index (χ0v) is 11.4. The van der Waals surface area contributed by atoms with Gasteiger partial charge >= 0.3 is 0 Å². The van der Waals surface area contributed by atoms with Crippen LogP contribution < -0.4 is 5.32 Å². The summed E-state index contributed by atoms with van der Waals surface area (Å²) in [4.78, 5) is 1.30. The predicted octanol–water partition coefficient (Wildman–Crippen LogP) is 3.20. The van der Waals surface area contributed by atoms with Crippen molar-refractivity contribution in [2.24, 2.45) is 5.92 Å². The maximum Gasteiger partial charge on any atom is 0.104 e. The Bertz CT molecular complexity index is 318. The minimum absolute atomic E-state index is 0.233. The Labute approximate surface area is 103 Å². The minimum Gasteiger partial charge on any atom is -0.370 e. The van der Waals surface area contributed by atoms with Gasteiger partial charge in [0, 0.05) is 17.5 Å². The van der Waals surface area contributed by atoms with Gasteiger partial charge in [0.25, 0.3) is 0 Å². The molecule has 0 radical (unpaired) electrons. The van der Waals surface area contributed by atoms with Gasteiger partial charge in [-0.2, -0.15) is 0 Å². The Balaban J connectivity index is 1.93. The molecule has 1 aromatic heterocycles. The number of halogens is 1. The van der Waals surface area contributed by atoms with E-state index < -0.39 is 0 Å². The average molecular weight is 290 g/mol. The van der Waals surface area contributed by atoms with Crippen LogP contribution in [0.1, 0.15) is 24.8 Å². The molecule has 1 fully saturated rings. The summed E-state index contributed by atoms with van der Waals surface area (Å²) < 4.78 is 7.05. The first kappa shape index (κ1) is 11.6. The molecule has 15 heavy (non-hydrogen) atoms. The van der Waals surface area contributed by atoms with Gasteiger partial charge < -0.3 is 10.1 Å². The molecule has 1 aliphatic rings. The summed E-state index contributed by atoms with van der Waals surface area (Å²) in [6.45, 7) is 6.19. The maximum atomic E-state index is 5.88. The topological polar surface area (TPSA) is 21.3 Å². The molecule has 0 amide bonds. The van der Waals surface area contributed by atoms with E-state index in [0.29, 0.717) is 12.0 Å². The van der Waals surface area contributed by atoms with Crippen LogP contribution in [-0.4, -0.2) is 19.2 Å². The van der Waals surface area contributed by atoms with E-state index in [1.165, 1.54) is 8.66 Å². The van der Waals surface area contributed by atoms with E-state index >= 15 is 0 Å². The second kappa shape index (κ2) is 4.95. The fourth-order valence-corrected chi connectivity index (χ4v) is 3.18. The molecule has 0 spiro atoms. The quantitative estimate of drug-likeness (QED) is 0.903. The summed E-state index contributed by atoms with van der Waals surface area (Å²) in [5.74, 6) is 0.640. The van der Waals surface area contributed by atoms with E-state index in [1.807, 2.05) is 0 Å². The maximum absolute atomic E-state index is 5.88. The van der Waals surface area contributed by atoms with Gasteiger partial charge in [-0.3, -0.25) is 0 Å². The molecule has 0 bridgehead atoms. The van der Waals surface area contributed by atoms with Crippen LogP contribution in [0, 0.1) is 5.92 Å². The third-order valence-electron chi connectivity index (χ3n) is 2.76. The molecule has 1 saturated heterocycles. The summed E-state index contributed by atoms with van der Waals surface area (Å²) >= 11 is 5.23. The monoisotopic (exact) mass is 289 g/mol. The number of morpholine rings is 1. The minimum atomic E-state index is 0.233. The number of hydrogen-bond donors (Lipinski definition) is 1. The van der Waals surface area contributed by atoms with Crippen molar-refractivity contribution in [3.8, 4) is 0 Å².